The molecule has 0 aliphatic carbocycles. The molecule has 1 amide bonds. The number of carbonyl (C=O) groups is 1. The number of alkyl halides is 9. The number of aryl methyl sites for hydroxylation is 1. The van der Waals surface area contributed by atoms with Crippen LogP contribution in [0.5, 0.6) is 0 Å². The van der Waals surface area contributed by atoms with E-state index in [0.29, 0.717) is 12.1 Å². The van der Waals surface area contributed by atoms with Gasteiger partial charge in [-0.1, -0.05) is 11.2 Å². The number of carbonyl (C=O) groups excluding carboxylic acids is 1. The summed E-state index contributed by atoms with van der Waals surface area (Å²) in [5.41, 5.74) is -5.55. The normalized spacial score (nSPS) is 15.6. The van der Waals surface area contributed by atoms with Gasteiger partial charge in [-0.25, -0.2) is 4.79 Å². The monoisotopic (exact) mass is 668 g/mol. The minimum atomic E-state index is -5.12. The second-order valence-corrected chi connectivity index (χ2v) is 10.6. The fourth-order valence-electron chi connectivity index (χ4n) is 5.33. The van der Waals surface area contributed by atoms with Crippen molar-refractivity contribution in [3.8, 4) is 0 Å². The third-order valence-corrected chi connectivity index (χ3v) is 7.57. The number of benzene rings is 2. The molecule has 0 N–H and O–H groups in total. The van der Waals surface area contributed by atoms with Crippen LogP contribution >= 0.6 is 0 Å². The highest BCUT2D eigenvalue weighted by Gasteiger charge is 2.42. The number of hydrogen-bond acceptors (Lipinski definition) is 7. The first-order chi connectivity index (χ1) is 21.4. The molecule has 46 heavy (non-hydrogen) atoms. The largest absolute Gasteiger partial charge is 0.450 e. The molecule has 1 aliphatic rings. The number of hydrogen-bond donors (Lipinski definition) is 0. The van der Waals surface area contributed by atoms with E-state index in [4.69, 9.17) is 9.47 Å². The third-order valence-electron chi connectivity index (χ3n) is 7.57. The lowest BCUT2D eigenvalue weighted by atomic mass is 9.81. The van der Waals surface area contributed by atoms with Crippen LogP contribution in [0, 0.1) is 0 Å². The number of anilines is 1. The van der Waals surface area contributed by atoms with Crippen LogP contribution in [-0.4, -0.2) is 58.0 Å². The summed E-state index contributed by atoms with van der Waals surface area (Å²) in [6.45, 7) is 0.882. The van der Waals surface area contributed by atoms with Gasteiger partial charge in [0.25, 0.3) is 5.95 Å². The van der Waals surface area contributed by atoms with Crippen LogP contribution in [0.15, 0.2) is 36.4 Å². The molecular weight excluding hydrogens is 639 g/mol. The molecule has 9 nitrogen and oxygen atoms in total. The molecule has 0 atom stereocenters. The molecule has 1 saturated heterocycles. The molecule has 0 radical (unpaired) electrons. The van der Waals surface area contributed by atoms with Gasteiger partial charge >= 0.3 is 24.6 Å². The molecule has 2 heterocycles. The number of halogens is 9. The first-order valence-electron chi connectivity index (χ1n) is 13.8. The second kappa shape index (κ2) is 13.0. The maximum atomic E-state index is 13.9. The molecule has 0 spiro atoms. The maximum Gasteiger partial charge on any atom is 0.416 e. The summed E-state index contributed by atoms with van der Waals surface area (Å²) >= 11 is 0. The fourth-order valence-corrected chi connectivity index (χ4v) is 5.33. The van der Waals surface area contributed by atoms with Crippen LogP contribution < -0.4 is 4.90 Å². The quantitative estimate of drug-likeness (QED) is 0.251. The molecule has 2 aromatic carbocycles. The molecule has 4 rings (SSSR count). The Morgan fingerprint density at radius 3 is 1.96 bits per heavy atom. The van der Waals surface area contributed by atoms with Crippen molar-refractivity contribution in [2.75, 3.05) is 31.7 Å². The van der Waals surface area contributed by atoms with E-state index < -0.39 is 65.6 Å². The van der Waals surface area contributed by atoms with Gasteiger partial charge in [0, 0.05) is 33.3 Å². The average Bonchev–Trinajstić information content (AvgIpc) is 3.41. The topological polar surface area (TPSA) is 85.6 Å². The standard InChI is InChI=1S/C28H29F9N6O3/c1-4-46-24(44)42-9-7-25(45-3,8-10-42)22-6-5-19(26(29,30)31)13-18(22)16-43(23-38-40-41(2)39-23)15-17-11-20(27(32,33)34)14-21(12-17)28(35,36)37/h5-6,11-14H,4,7-10,15-16H2,1-3H3. The molecule has 1 aromatic heterocycles. The van der Waals surface area contributed by atoms with Crippen LogP contribution in [-0.2, 0) is 53.7 Å². The van der Waals surface area contributed by atoms with E-state index in [1.807, 2.05) is 0 Å². The average molecular weight is 669 g/mol. The number of nitrogens with zero attached hydrogens (tertiary/aromatic N) is 6. The second-order valence-electron chi connectivity index (χ2n) is 10.6. The molecule has 1 fully saturated rings. The highest BCUT2D eigenvalue weighted by Crippen LogP contribution is 2.42. The van der Waals surface area contributed by atoms with Crippen molar-refractivity contribution >= 4 is 12.0 Å². The van der Waals surface area contributed by atoms with Crippen molar-refractivity contribution in [3.63, 3.8) is 0 Å². The van der Waals surface area contributed by atoms with Gasteiger partial charge in [0.2, 0.25) is 0 Å². The summed E-state index contributed by atoms with van der Waals surface area (Å²) in [5, 5.41) is 11.5. The van der Waals surface area contributed by atoms with E-state index in [0.717, 1.165) is 21.8 Å². The number of rotatable bonds is 8. The minimum Gasteiger partial charge on any atom is -0.450 e. The van der Waals surface area contributed by atoms with Crippen molar-refractivity contribution in [1.82, 2.24) is 25.1 Å². The Hall–Kier alpha value is -4.09. The molecule has 0 unspecified atom stereocenters. The van der Waals surface area contributed by atoms with Gasteiger partial charge in [0.1, 0.15) is 0 Å². The van der Waals surface area contributed by atoms with E-state index in [1.165, 1.54) is 25.1 Å². The van der Waals surface area contributed by atoms with Crippen LogP contribution in [0.1, 0.15) is 53.1 Å². The van der Waals surface area contributed by atoms with Gasteiger partial charge in [0.15, 0.2) is 0 Å². The van der Waals surface area contributed by atoms with E-state index >= 15 is 0 Å². The smallest absolute Gasteiger partial charge is 0.416 e. The highest BCUT2D eigenvalue weighted by atomic mass is 19.4. The first-order valence-corrected chi connectivity index (χ1v) is 13.8. The van der Waals surface area contributed by atoms with Crippen molar-refractivity contribution < 1.29 is 53.8 Å². The SMILES string of the molecule is CCOC(=O)N1CCC(OC)(c2ccc(C(F)(F)F)cc2CN(Cc2cc(C(F)(F)F)cc(C(F)(F)F)c2)c2nnn(C)n2)CC1. The van der Waals surface area contributed by atoms with Crippen molar-refractivity contribution in [2.24, 2.45) is 7.05 Å². The summed E-state index contributed by atoms with van der Waals surface area (Å²) < 4.78 is 134. The van der Waals surface area contributed by atoms with Crippen LogP contribution in [0.3, 0.4) is 0 Å². The van der Waals surface area contributed by atoms with E-state index in [2.05, 4.69) is 15.4 Å². The summed E-state index contributed by atoms with van der Waals surface area (Å²) in [6, 6.07) is 3.93. The Labute approximate surface area is 256 Å². The van der Waals surface area contributed by atoms with Gasteiger partial charge in [0.05, 0.1) is 35.9 Å². The first kappa shape index (κ1) is 34.8. The number of likely N-dealkylation sites (tertiary alicyclic amines) is 1. The van der Waals surface area contributed by atoms with E-state index in [-0.39, 0.29) is 55.7 Å². The third kappa shape index (κ3) is 7.82. The van der Waals surface area contributed by atoms with Gasteiger partial charge in [-0.2, -0.15) is 44.3 Å². The lowest BCUT2D eigenvalue weighted by Crippen LogP contribution is -2.47. The summed E-state index contributed by atoms with van der Waals surface area (Å²) in [6.07, 6.45) is -15.3. The lowest BCUT2D eigenvalue weighted by molar-refractivity contribution is -0.143. The van der Waals surface area contributed by atoms with E-state index in [9.17, 15) is 44.3 Å². The van der Waals surface area contributed by atoms with E-state index in [1.54, 1.807) is 6.92 Å². The summed E-state index contributed by atoms with van der Waals surface area (Å²) in [4.78, 5) is 15.8. The van der Waals surface area contributed by atoms with Crippen molar-refractivity contribution in [3.05, 3.63) is 69.8 Å². The predicted octanol–water partition coefficient (Wildman–Crippen LogP) is 6.57. The zero-order valence-electron chi connectivity index (χ0n) is 24.7. The Morgan fingerprint density at radius 1 is 0.891 bits per heavy atom. The fraction of sp³-hybridized carbons (Fsp3) is 0.500. The maximum absolute atomic E-state index is 13.9. The Morgan fingerprint density at radius 2 is 1.48 bits per heavy atom. The van der Waals surface area contributed by atoms with Gasteiger partial charge in [-0.05, 0) is 72.0 Å². The minimum absolute atomic E-state index is 0.00302. The Balaban J connectivity index is 1.80. The molecule has 0 bridgehead atoms. The van der Waals surface area contributed by atoms with Crippen LogP contribution in [0.25, 0.3) is 0 Å². The van der Waals surface area contributed by atoms with Gasteiger partial charge < -0.3 is 19.3 Å². The Kier molecular flexibility index (Phi) is 9.80. The predicted molar refractivity (Wildman–Crippen MR) is 143 cm³/mol. The Bertz CT molecular complexity index is 1500. The number of methoxy groups -OCH3 is 1. The lowest BCUT2D eigenvalue weighted by Gasteiger charge is -2.42. The molecule has 0 saturated carbocycles. The zero-order chi connectivity index (χ0) is 34.1. The molecule has 3 aromatic rings. The van der Waals surface area contributed by atoms with Crippen molar-refractivity contribution in [2.45, 2.75) is 57.0 Å². The number of ether oxygens (including phenoxy) is 2. The number of aromatic nitrogens is 4. The van der Waals surface area contributed by atoms with Crippen LogP contribution in [0.2, 0.25) is 0 Å². The van der Waals surface area contributed by atoms with Crippen molar-refractivity contribution in [1.29, 1.82) is 0 Å². The number of tetrazole rings is 1. The molecule has 252 valence electrons. The molecule has 1 aliphatic heterocycles. The van der Waals surface area contributed by atoms with Crippen LogP contribution in [0.4, 0.5) is 50.3 Å². The van der Waals surface area contributed by atoms with Gasteiger partial charge in [-0.15, -0.1) is 5.10 Å². The molecular formula is C28H29F9N6O3. The highest BCUT2D eigenvalue weighted by molar-refractivity contribution is 5.67. The summed E-state index contributed by atoms with van der Waals surface area (Å²) in [5.74, 6) is -0.263. The number of amides is 1. The summed E-state index contributed by atoms with van der Waals surface area (Å²) in [7, 11) is 2.71. The molecule has 18 heteroatoms. The van der Waals surface area contributed by atoms with Gasteiger partial charge in [-0.3, -0.25) is 0 Å². The number of piperidine rings is 1. The zero-order valence-corrected chi connectivity index (χ0v) is 24.7.